The molecule has 0 saturated carbocycles. The smallest absolute Gasteiger partial charge is 0.262 e. The van der Waals surface area contributed by atoms with Gasteiger partial charge in [-0.3, -0.25) is 9.36 Å². The second-order valence-corrected chi connectivity index (χ2v) is 7.04. The third kappa shape index (κ3) is 4.08. The van der Waals surface area contributed by atoms with Gasteiger partial charge in [0, 0.05) is 3.57 Å². The molecule has 0 aliphatic heterocycles. The van der Waals surface area contributed by atoms with Gasteiger partial charge in [0.2, 0.25) is 0 Å². The maximum atomic E-state index is 12.1. The van der Waals surface area contributed by atoms with Gasteiger partial charge in [0.15, 0.2) is 6.61 Å². The van der Waals surface area contributed by atoms with Crippen molar-refractivity contribution in [2.75, 3.05) is 11.9 Å². The van der Waals surface area contributed by atoms with Crippen molar-refractivity contribution in [1.82, 2.24) is 14.5 Å². The summed E-state index contributed by atoms with van der Waals surface area (Å²) in [5.41, 5.74) is 2.50. The number of ether oxygens (including phenoxy) is 1. The number of nitrogens with one attached hydrogen (secondary N) is 1. The van der Waals surface area contributed by atoms with Crippen LogP contribution in [0.15, 0.2) is 73.2 Å². The van der Waals surface area contributed by atoms with Crippen LogP contribution in [0, 0.1) is 3.57 Å². The number of amides is 1. The first-order valence-corrected chi connectivity index (χ1v) is 9.34. The van der Waals surface area contributed by atoms with Crippen molar-refractivity contribution >= 4 is 45.2 Å². The van der Waals surface area contributed by atoms with Gasteiger partial charge in [-0.15, -0.1) is 0 Å². The van der Waals surface area contributed by atoms with Gasteiger partial charge >= 0.3 is 0 Å². The molecule has 134 valence electrons. The van der Waals surface area contributed by atoms with Crippen LogP contribution in [0.1, 0.15) is 0 Å². The number of nitrogens with zero attached hydrogens (tertiary/aromatic N) is 3. The highest BCUT2D eigenvalue weighted by Gasteiger charge is 2.07. The van der Waals surface area contributed by atoms with Gasteiger partial charge in [-0.05, 0) is 71.1 Å². The first-order chi connectivity index (χ1) is 13.2. The average Bonchev–Trinajstić information content (AvgIpc) is 3.12. The molecule has 0 atom stereocenters. The molecule has 0 spiro atoms. The molecule has 27 heavy (non-hydrogen) atoms. The van der Waals surface area contributed by atoms with Gasteiger partial charge < -0.3 is 10.1 Å². The molecule has 4 rings (SSSR count). The Morgan fingerprint density at radius 3 is 2.63 bits per heavy atom. The maximum absolute atomic E-state index is 12.1. The molecule has 0 aliphatic rings. The van der Waals surface area contributed by atoms with Crippen LogP contribution in [-0.4, -0.2) is 27.0 Å². The highest BCUT2D eigenvalue weighted by molar-refractivity contribution is 14.1. The molecular formula is C20H15IN4O2. The number of pyridine rings is 1. The van der Waals surface area contributed by atoms with Crippen LogP contribution in [0.4, 0.5) is 5.69 Å². The van der Waals surface area contributed by atoms with E-state index >= 15 is 0 Å². The third-order valence-electron chi connectivity index (χ3n) is 3.92. The van der Waals surface area contributed by atoms with Crippen LogP contribution in [0.2, 0.25) is 0 Å². The fraction of sp³-hybridized carbons (Fsp3) is 0.0500. The average molecular weight is 470 g/mol. The molecule has 2 aromatic carbocycles. The predicted octanol–water partition coefficient (Wildman–Crippen LogP) is 4.04. The molecule has 2 heterocycles. The number of carbonyl (C=O) groups is 1. The van der Waals surface area contributed by atoms with E-state index in [0.29, 0.717) is 11.4 Å². The lowest BCUT2D eigenvalue weighted by molar-refractivity contribution is -0.118. The third-order valence-corrected chi connectivity index (χ3v) is 4.63. The van der Waals surface area contributed by atoms with Gasteiger partial charge in [0.1, 0.15) is 17.9 Å². The second kappa shape index (κ2) is 7.75. The zero-order chi connectivity index (χ0) is 18.6. The summed E-state index contributed by atoms with van der Waals surface area (Å²) in [6, 6.07) is 19.0. The van der Waals surface area contributed by atoms with Gasteiger partial charge in [0.25, 0.3) is 5.91 Å². The van der Waals surface area contributed by atoms with Crippen LogP contribution in [-0.2, 0) is 4.79 Å². The molecular weight excluding hydrogens is 455 g/mol. The zero-order valence-electron chi connectivity index (χ0n) is 14.2. The molecule has 1 amide bonds. The Balaban J connectivity index is 1.40. The van der Waals surface area contributed by atoms with Crippen LogP contribution in [0.5, 0.6) is 5.75 Å². The normalized spacial score (nSPS) is 10.7. The standard InChI is InChI=1S/C20H15IN4O2/c21-14-5-8-16(9-6-14)27-12-20(26)24-15-7-10-19(22-11-15)25-13-23-17-3-1-2-4-18(17)25/h1-11,13H,12H2,(H,24,26). The number of hydrogen-bond donors (Lipinski definition) is 1. The van der Waals surface area contributed by atoms with E-state index < -0.39 is 0 Å². The van der Waals surface area contributed by atoms with E-state index in [2.05, 4.69) is 37.9 Å². The first-order valence-electron chi connectivity index (χ1n) is 8.26. The second-order valence-electron chi connectivity index (χ2n) is 5.80. The molecule has 1 N–H and O–H groups in total. The number of halogens is 1. The van der Waals surface area contributed by atoms with Gasteiger partial charge in [-0.1, -0.05) is 12.1 Å². The number of para-hydroxylation sites is 2. The Labute approximate surface area is 169 Å². The lowest BCUT2D eigenvalue weighted by atomic mass is 10.3. The first kappa shape index (κ1) is 17.5. The topological polar surface area (TPSA) is 69.0 Å². The van der Waals surface area contributed by atoms with Crippen molar-refractivity contribution in [2.24, 2.45) is 0 Å². The van der Waals surface area contributed by atoms with Crippen molar-refractivity contribution in [3.63, 3.8) is 0 Å². The van der Waals surface area contributed by atoms with Crippen LogP contribution in [0.25, 0.3) is 16.9 Å². The molecule has 6 nitrogen and oxygen atoms in total. The van der Waals surface area contributed by atoms with E-state index in [-0.39, 0.29) is 12.5 Å². The van der Waals surface area contributed by atoms with E-state index in [1.54, 1.807) is 18.6 Å². The van der Waals surface area contributed by atoms with Gasteiger partial charge in [-0.25, -0.2) is 9.97 Å². The predicted molar refractivity (Wildman–Crippen MR) is 112 cm³/mol. The molecule has 7 heteroatoms. The molecule has 0 saturated heterocycles. The molecule has 0 bridgehead atoms. The molecule has 4 aromatic rings. The Bertz CT molecular complexity index is 1080. The number of benzene rings is 2. The minimum absolute atomic E-state index is 0.0610. The number of rotatable bonds is 5. The van der Waals surface area contributed by atoms with Crippen molar-refractivity contribution in [3.8, 4) is 11.6 Å². The summed E-state index contributed by atoms with van der Waals surface area (Å²) in [6.07, 6.45) is 3.35. The highest BCUT2D eigenvalue weighted by atomic mass is 127. The Morgan fingerprint density at radius 2 is 1.85 bits per heavy atom. The van der Waals surface area contributed by atoms with Crippen LogP contribution >= 0.6 is 22.6 Å². The minimum atomic E-state index is -0.240. The van der Waals surface area contributed by atoms with E-state index in [9.17, 15) is 4.79 Å². The summed E-state index contributed by atoms with van der Waals surface area (Å²) in [5, 5.41) is 2.78. The van der Waals surface area contributed by atoms with E-state index in [1.165, 1.54) is 0 Å². The number of carbonyl (C=O) groups excluding carboxylic acids is 1. The van der Waals surface area contributed by atoms with E-state index in [4.69, 9.17) is 4.74 Å². The number of aromatic nitrogens is 3. The number of imidazole rings is 1. The summed E-state index contributed by atoms with van der Waals surface area (Å²) in [7, 11) is 0. The van der Waals surface area contributed by atoms with Crippen molar-refractivity contribution in [2.45, 2.75) is 0 Å². The van der Waals surface area contributed by atoms with Gasteiger partial charge in [-0.2, -0.15) is 0 Å². The monoisotopic (exact) mass is 470 g/mol. The summed E-state index contributed by atoms with van der Waals surface area (Å²) >= 11 is 2.22. The molecule has 0 aliphatic carbocycles. The zero-order valence-corrected chi connectivity index (χ0v) is 16.3. The largest absolute Gasteiger partial charge is 0.484 e. The lowest BCUT2D eigenvalue weighted by Gasteiger charge is -2.08. The van der Waals surface area contributed by atoms with E-state index in [1.807, 2.05) is 59.2 Å². The maximum Gasteiger partial charge on any atom is 0.262 e. The summed E-state index contributed by atoms with van der Waals surface area (Å²) in [5.74, 6) is 1.15. The fourth-order valence-corrected chi connectivity index (χ4v) is 2.98. The lowest BCUT2D eigenvalue weighted by Crippen LogP contribution is -2.20. The SMILES string of the molecule is O=C(COc1ccc(I)cc1)Nc1ccc(-n2cnc3ccccc32)nc1. The number of fused-ring (bicyclic) bond motifs is 1. The van der Waals surface area contributed by atoms with Crippen LogP contribution < -0.4 is 10.1 Å². The molecule has 0 fully saturated rings. The quantitative estimate of drug-likeness (QED) is 0.447. The van der Waals surface area contributed by atoms with Crippen LogP contribution in [0.3, 0.4) is 0 Å². The Morgan fingerprint density at radius 1 is 1.04 bits per heavy atom. The summed E-state index contributed by atoms with van der Waals surface area (Å²) < 4.78 is 8.49. The molecule has 0 unspecified atom stereocenters. The molecule has 0 radical (unpaired) electrons. The summed E-state index contributed by atoms with van der Waals surface area (Å²) in [4.78, 5) is 20.8. The Kier molecular flexibility index (Phi) is 5.01. The minimum Gasteiger partial charge on any atom is -0.484 e. The fourth-order valence-electron chi connectivity index (χ4n) is 2.62. The van der Waals surface area contributed by atoms with Gasteiger partial charge in [0.05, 0.1) is 22.9 Å². The van der Waals surface area contributed by atoms with Crippen molar-refractivity contribution in [3.05, 3.63) is 76.8 Å². The number of anilines is 1. The number of hydrogen-bond acceptors (Lipinski definition) is 4. The highest BCUT2D eigenvalue weighted by Crippen LogP contribution is 2.18. The van der Waals surface area contributed by atoms with E-state index in [0.717, 1.165) is 20.4 Å². The van der Waals surface area contributed by atoms with Crippen molar-refractivity contribution in [1.29, 1.82) is 0 Å². The van der Waals surface area contributed by atoms with Crippen molar-refractivity contribution < 1.29 is 9.53 Å². The molecule has 2 aromatic heterocycles. The summed E-state index contributed by atoms with van der Waals surface area (Å²) in [6.45, 7) is -0.0610. The Hall–Kier alpha value is -2.94.